The topological polar surface area (TPSA) is 125 Å². The maximum atomic E-state index is 12.9. The van der Waals surface area contributed by atoms with Crippen LogP contribution in [0.4, 0.5) is 5.69 Å². The highest BCUT2D eigenvalue weighted by atomic mass is 32.2. The highest BCUT2D eigenvalue weighted by Gasteiger charge is 2.25. The summed E-state index contributed by atoms with van der Waals surface area (Å²) < 4.78 is 40.1. The Morgan fingerprint density at radius 2 is 1.79 bits per heavy atom. The van der Waals surface area contributed by atoms with Crippen LogP contribution in [0.3, 0.4) is 0 Å². The number of para-hydroxylation sites is 1. The first-order valence-corrected chi connectivity index (χ1v) is 14.8. The lowest BCUT2D eigenvalue weighted by molar-refractivity contribution is 0.130. The van der Waals surface area contributed by atoms with Gasteiger partial charge in [-0.25, -0.2) is 4.18 Å². The second-order valence-electron chi connectivity index (χ2n) is 10.0. The predicted molar refractivity (Wildman–Crippen MR) is 151 cm³/mol. The summed E-state index contributed by atoms with van der Waals surface area (Å²) in [5, 5.41) is 17.1. The number of hydrogen-bond donors (Lipinski definition) is 5. The van der Waals surface area contributed by atoms with Crippen molar-refractivity contribution in [2.75, 3.05) is 31.6 Å². The van der Waals surface area contributed by atoms with Crippen LogP contribution >= 0.6 is 0 Å². The Bertz CT molecular complexity index is 1270. The van der Waals surface area contributed by atoms with Crippen LogP contribution < -0.4 is 20.1 Å². The van der Waals surface area contributed by atoms with Crippen molar-refractivity contribution < 1.29 is 22.4 Å². The second kappa shape index (κ2) is 13.4. The molecule has 2 aromatic carbocycles. The number of benzene rings is 2. The average Bonchev–Trinajstić information content (AvgIpc) is 3.33. The molecule has 0 amide bonds. The molecule has 1 heterocycles. The molecule has 1 aromatic heterocycles. The van der Waals surface area contributed by atoms with Crippen LogP contribution in [0, 0.1) is 13.8 Å². The summed E-state index contributed by atoms with van der Waals surface area (Å²) in [6.07, 6.45) is 4.10. The van der Waals surface area contributed by atoms with Gasteiger partial charge in [-0.3, -0.25) is 0 Å². The number of H-pyrrole nitrogens is 1. The van der Waals surface area contributed by atoms with Gasteiger partial charge in [0.25, 0.3) is 0 Å². The molecule has 9 nitrogen and oxygen atoms in total. The van der Waals surface area contributed by atoms with Crippen LogP contribution in [-0.2, 0) is 21.1 Å². The number of aromatic nitrogens is 1. The molecule has 0 radical (unpaired) electrons. The quantitative estimate of drug-likeness (QED) is 0.195. The minimum Gasteiger partial charge on any atom is -0.490 e. The average molecular weight is 545 g/mol. The summed E-state index contributed by atoms with van der Waals surface area (Å²) in [5.74, 6) is 0.599. The molecule has 208 valence electrons. The van der Waals surface area contributed by atoms with Crippen LogP contribution in [0.15, 0.2) is 42.5 Å². The van der Waals surface area contributed by atoms with E-state index < -0.39 is 16.4 Å². The van der Waals surface area contributed by atoms with E-state index in [0.717, 1.165) is 48.7 Å². The molecule has 5 N–H and O–H groups in total. The van der Waals surface area contributed by atoms with Gasteiger partial charge in [0.15, 0.2) is 0 Å². The molecule has 1 unspecified atom stereocenters. The van der Waals surface area contributed by atoms with Crippen molar-refractivity contribution in [3.05, 3.63) is 59.3 Å². The molecule has 0 bridgehead atoms. The Morgan fingerprint density at radius 1 is 1.05 bits per heavy atom. The molecule has 0 aliphatic heterocycles. The van der Waals surface area contributed by atoms with Crippen molar-refractivity contribution in [1.29, 1.82) is 0 Å². The molecule has 0 spiro atoms. The third kappa shape index (κ3) is 7.94. The zero-order chi connectivity index (χ0) is 27.0. The van der Waals surface area contributed by atoms with Gasteiger partial charge in [-0.15, -0.1) is 0 Å². The van der Waals surface area contributed by atoms with Gasteiger partial charge < -0.3 is 25.5 Å². The summed E-state index contributed by atoms with van der Waals surface area (Å²) in [4.78, 5) is 3.14. The Balaban J connectivity index is 1.37. The third-order valence-electron chi connectivity index (χ3n) is 6.91. The van der Waals surface area contributed by atoms with Crippen LogP contribution in [-0.4, -0.2) is 56.9 Å². The largest absolute Gasteiger partial charge is 0.490 e. The summed E-state index contributed by atoms with van der Waals surface area (Å²) in [5.41, 5.74) is 5.00. The summed E-state index contributed by atoms with van der Waals surface area (Å²) in [7, 11) is -3.95. The van der Waals surface area contributed by atoms with Gasteiger partial charge in [0.2, 0.25) is 0 Å². The van der Waals surface area contributed by atoms with Crippen LogP contribution in [0.2, 0.25) is 0 Å². The Labute approximate surface area is 225 Å². The smallest absolute Gasteiger partial charge is 0.336 e. The van der Waals surface area contributed by atoms with Crippen molar-refractivity contribution in [2.45, 2.75) is 64.7 Å². The van der Waals surface area contributed by atoms with E-state index in [-0.39, 0.29) is 19.3 Å². The van der Waals surface area contributed by atoms with Gasteiger partial charge in [0.05, 0.1) is 6.61 Å². The zero-order valence-corrected chi connectivity index (χ0v) is 23.1. The van der Waals surface area contributed by atoms with Gasteiger partial charge in [-0.2, -0.15) is 13.1 Å². The highest BCUT2D eigenvalue weighted by Crippen LogP contribution is 2.27. The standard InChI is InChI=1S/C28H40N4O5S/c1-20-8-6-9-21(2)28(20)30-15-14-29-17-24(37-38(34,35)32-22-10-4-3-5-11-22)19-36-27-13-7-12-26-25(27)16-23(18-33)31-26/h6-9,12-13,16,22,24,29-33H,3-5,10-11,14-15,17-19H2,1-2H3. The first-order chi connectivity index (χ1) is 18.3. The van der Waals surface area contributed by atoms with E-state index in [1.54, 1.807) is 0 Å². The van der Waals surface area contributed by atoms with Crippen molar-refractivity contribution in [3.63, 3.8) is 0 Å². The lowest BCUT2D eigenvalue weighted by Crippen LogP contribution is -2.43. The van der Waals surface area contributed by atoms with E-state index in [1.807, 2.05) is 30.3 Å². The van der Waals surface area contributed by atoms with Gasteiger partial charge in [0.1, 0.15) is 18.5 Å². The van der Waals surface area contributed by atoms with E-state index in [0.29, 0.717) is 31.1 Å². The number of fused-ring (bicyclic) bond motifs is 1. The summed E-state index contributed by atoms with van der Waals surface area (Å²) >= 11 is 0. The highest BCUT2D eigenvalue weighted by molar-refractivity contribution is 7.84. The molecular formula is C28H40N4O5S. The minimum absolute atomic E-state index is 0.0433. The van der Waals surface area contributed by atoms with Gasteiger partial charge in [-0.1, -0.05) is 43.5 Å². The molecule has 10 heteroatoms. The third-order valence-corrected chi connectivity index (χ3v) is 8.06. The maximum absolute atomic E-state index is 12.9. The number of nitrogens with one attached hydrogen (secondary N) is 4. The molecule has 1 fully saturated rings. The Morgan fingerprint density at radius 3 is 2.53 bits per heavy atom. The van der Waals surface area contributed by atoms with Crippen molar-refractivity contribution in [1.82, 2.24) is 15.0 Å². The normalized spacial score (nSPS) is 15.6. The fourth-order valence-corrected chi connectivity index (χ4v) is 6.14. The van der Waals surface area contributed by atoms with Crippen LogP contribution in [0.5, 0.6) is 5.75 Å². The van der Waals surface area contributed by atoms with Crippen molar-refractivity contribution in [2.24, 2.45) is 0 Å². The van der Waals surface area contributed by atoms with Crippen LogP contribution in [0.1, 0.15) is 48.9 Å². The number of aliphatic hydroxyl groups excluding tert-OH is 1. The van der Waals surface area contributed by atoms with Crippen LogP contribution in [0.25, 0.3) is 10.9 Å². The molecule has 1 atom stereocenters. The number of hydrogen-bond acceptors (Lipinski definition) is 7. The molecular weight excluding hydrogens is 504 g/mol. The number of rotatable bonds is 14. The Kier molecular flexibility index (Phi) is 10.0. The molecule has 0 saturated heterocycles. The van der Waals surface area contributed by atoms with Crippen molar-refractivity contribution >= 4 is 26.9 Å². The number of anilines is 1. The molecule has 38 heavy (non-hydrogen) atoms. The van der Waals surface area contributed by atoms with E-state index in [9.17, 15) is 13.5 Å². The summed E-state index contributed by atoms with van der Waals surface area (Å²) in [6, 6.07) is 13.5. The van der Waals surface area contributed by atoms with E-state index in [2.05, 4.69) is 46.3 Å². The van der Waals surface area contributed by atoms with Gasteiger partial charge in [-0.05, 0) is 56.0 Å². The van der Waals surface area contributed by atoms with E-state index >= 15 is 0 Å². The molecule has 1 aliphatic rings. The van der Waals surface area contributed by atoms with E-state index in [4.69, 9.17) is 8.92 Å². The molecule has 4 rings (SSSR count). The minimum atomic E-state index is -3.95. The first kappa shape index (κ1) is 28.4. The number of aromatic amines is 1. The Hall–Kier alpha value is -2.63. The maximum Gasteiger partial charge on any atom is 0.336 e. The van der Waals surface area contributed by atoms with E-state index in [1.165, 1.54) is 11.1 Å². The van der Waals surface area contributed by atoms with Gasteiger partial charge in [0, 0.05) is 48.0 Å². The summed E-state index contributed by atoms with van der Waals surface area (Å²) in [6.45, 7) is 5.68. The van der Waals surface area contributed by atoms with Crippen molar-refractivity contribution in [3.8, 4) is 5.75 Å². The fourth-order valence-electron chi connectivity index (χ4n) is 4.96. The molecule has 1 aliphatic carbocycles. The SMILES string of the molecule is Cc1cccc(C)c1NCCNCC(COc1cccc2[nH]c(CO)cc12)OS(=O)(=O)NC1CCCCC1. The number of aryl methyl sites for hydroxylation is 2. The second-order valence-corrected chi connectivity index (χ2v) is 11.3. The first-order valence-electron chi connectivity index (χ1n) is 13.4. The molecule has 1 saturated carbocycles. The van der Waals surface area contributed by atoms with Gasteiger partial charge >= 0.3 is 10.3 Å². The fraction of sp³-hybridized carbons (Fsp3) is 0.500. The lowest BCUT2D eigenvalue weighted by atomic mass is 9.96. The lowest BCUT2D eigenvalue weighted by Gasteiger charge is -2.24. The molecule has 3 aromatic rings. The zero-order valence-electron chi connectivity index (χ0n) is 22.3. The monoisotopic (exact) mass is 544 g/mol. The predicted octanol–water partition coefficient (Wildman–Crippen LogP) is 3.91. The number of aliphatic hydroxyl groups is 1. The number of ether oxygens (including phenoxy) is 1.